The smallest absolute Gasteiger partial charge is 0.311 e. The maximum absolute atomic E-state index is 11.6. The van der Waals surface area contributed by atoms with Crippen molar-refractivity contribution < 1.29 is 19.4 Å². The molecule has 0 spiro atoms. The monoisotopic (exact) mass is 382 g/mol. The summed E-state index contributed by atoms with van der Waals surface area (Å²) in [7, 11) is 0. The predicted octanol–water partition coefficient (Wildman–Crippen LogP) is 6.49. The highest BCUT2D eigenvalue weighted by Gasteiger charge is 2.13. The number of hydrogen-bond donors (Lipinski definition) is 1. The van der Waals surface area contributed by atoms with Crippen molar-refractivity contribution in [2.75, 3.05) is 6.61 Å². The van der Waals surface area contributed by atoms with E-state index >= 15 is 0 Å². The van der Waals surface area contributed by atoms with E-state index in [1.165, 1.54) is 82.0 Å². The van der Waals surface area contributed by atoms with Crippen LogP contribution in [0, 0.1) is 0 Å². The van der Waals surface area contributed by atoms with E-state index in [2.05, 4.69) is 6.92 Å². The van der Waals surface area contributed by atoms with Gasteiger partial charge in [0.25, 0.3) is 0 Å². The molecule has 0 aliphatic carbocycles. The SMILES string of the molecule is CCCCCCCCCCCCCCOc1csc(C(=O)CC(=O)O)c1. The Bertz CT molecular complexity index is 510. The van der Waals surface area contributed by atoms with Crippen molar-refractivity contribution in [2.24, 2.45) is 0 Å². The third-order valence-electron chi connectivity index (χ3n) is 4.43. The molecule has 5 heteroatoms. The molecule has 26 heavy (non-hydrogen) atoms. The lowest BCUT2D eigenvalue weighted by Crippen LogP contribution is -2.05. The van der Waals surface area contributed by atoms with Gasteiger partial charge in [-0.05, 0) is 6.42 Å². The average molecular weight is 383 g/mol. The first-order valence-corrected chi connectivity index (χ1v) is 11.0. The molecule has 148 valence electrons. The van der Waals surface area contributed by atoms with Crippen molar-refractivity contribution in [1.82, 2.24) is 0 Å². The molecule has 0 radical (unpaired) electrons. The largest absolute Gasteiger partial charge is 0.493 e. The third-order valence-corrected chi connectivity index (χ3v) is 5.38. The fraction of sp³-hybridized carbons (Fsp3) is 0.714. The topological polar surface area (TPSA) is 63.6 Å². The van der Waals surface area contributed by atoms with Gasteiger partial charge < -0.3 is 9.84 Å². The highest BCUT2D eigenvalue weighted by Crippen LogP contribution is 2.23. The van der Waals surface area contributed by atoms with Gasteiger partial charge >= 0.3 is 5.97 Å². The second-order valence-corrected chi connectivity index (χ2v) is 7.79. The van der Waals surface area contributed by atoms with Crippen LogP contribution in [0.2, 0.25) is 0 Å². The van der Waals surface area contributed by atoms with Crippen LogP contribution in [0.15, 0.2) is 11.4 Å². The van der Waals surface area contributed by atoms with Gasteiger partial charge in [-0.25, -0.2) is 0 Å². The van der Waals surface area contributed by atoms with E-state index in [0.717, 1.165) is 6.42 Å². The number of carbonyl (C=O) groups is 2. The van der Waals surface area contributed by atoms with Crippen LogP contribution in [0.5, 0.6) is 5.75 Å². The van der Waals surface area contributed by atoms with Crippen molar-refractivity contribution >= 4 is 23.1 Å². The highest BCUT2D eigenvalue weighted by molar-refractivity contribution is 7.12. The summed E-state index contributed by atoms with van der Waals surface area (Å²) in [6.45, 7) is 2.91. The molecule has 0 saturated heterocycles. The molecule has 0 amide bonds. The standard InChI is InChI=1S/C21H34O4S/c1-2-3-4-5-6-7-8-9-10-11-12-13-14-25-18-15-20(26-17-18)19(22)16-21(23)24/h15,17H,2-14,16H2,1H3,(H,23,24). The number of aliphatic carboxylic acids is 1. The van der Waals surface area contributed by atoms with Gasteiger partial charge in [0.1, 0.15) is 12.2 Å². The molecule has 1 aromatic heterocycles. The first kappa shape index (κ1) is 22.7. The first-order chi connectivity index (χ1) is 12.6. The van der Waals surface area contributed by atoms with Gasteiger partial charge in [-0.15, -0.1) is 11.3 Å². The maximum Gasteiger partial charge on any atom is 0.311 e. The Kier molecular flexibility index (Phi) is 12.9. The Morgan fingerprint density at radius 1 is 0.923 bits per heavy atom. The van der Waals surface area contributed by atoms with Crippen molar-refractivity contribution in [3.63, 3.8) is 0 Å². The molecule has 0 aliphatic rings. The molecule has 1 N–H and O–H groups in total. The minimum atomic E-state index is -1.10. The van der Waals surface area contributed by atoms with E-state index < -0.39 is 12.4 Å². The third kappa shape index (κ3) is 11.3. The molecular formula is C21H34O4S. The summed E-state index contributed by atoms with van der Waals surface area (Å²) in [4.78, 5) is 22.6. The number of Topliss-reactive ketones (excluding diaryl/α,β-unsaturated/α-hetero) is 1. The molecule has 1 aromatic rings. The van der Waals surface area contributed by atoms with Crippen LogP contribution < -0.4 is 4.74 Å². The fourth-order valence-corrected chi connectivity index (χ4v) is 3.67. The van der Waals surface area contributed by atoms with Crippen LogP contribution in [-0.4, -0.2) is 23.5 Å². The Labute approximate surface area is 162 Å². The number of unbranched alkanes of at least 4 members (excludes halogenated alkanes) is 11. The molecule has 0 saturated carbocycles. The molecule has 0 atom stereocenters. The van der Waals surface area contributed by atoms with E-state index in [4.69, 9.17) is 9.84 Å². The first-order valence-electron chi connectivity index (χ1n) is 10.1. The Morgan fingerprint density at radius 3 is 2.00 bits per heavy atom. The van der Waals surface area contributed by atoms with Gasteiger partial charge in [0, 0.05) is 11.4 Å². The molecule has 0 aromatic carbocycles. The number of carbonyl (C=O) groups excluding carboxylic acids is 1. The van der Waals surface area contributed by atoms with E-state index in [0.29, 0.717) is 17.2 Å². The van der Waals surface area contributed by atoms with Crippen LogP contribution in [0.25, 0.3) is 0 Å². The number of hydrogen-bond acceptors (Lipinski definition) is 4. The summed E-state index contributed by atoms with van der Waals surface area (Å²) >= 11 is 1.25. The normalized spacial score (nSPS) is 10.8. The van der Waals surface area contributed by atoms with Crippen LogP contribution >= 0.6 is 11.3 Å². The molecule has 1 heterocycles. The summed E-state index contributed by atoms with van der Waals surface area (Å²) in [5.41, 5.74) is 0. The molecule has 1 rings (SSSR count). The Balaban J connectivity index is 1.94. The maximum atomic E-state index is 11.6. The van der Waals surface area contributed by atoms with E-state index in [-0.39, 0.29) is 5.78 Å². The summed E-state index contributed by atoms with van der Waals surface area (Å²) < 4.78 is 5.64. The lowest BCUT2D eigenvalue weighted by atomic mass is 10.1. The second-order valence-electron chi connectivity index (χ2n) is 6.88. The molecule has 0 fully saturated rings. The number of ketones is 1. The molecule has 4 nitrogen and oxygen atoms in total. The zero-order valence-electron chi connectivity index (χ0n) is 16.1. The number of carboxylic acid groups (broad SMARTS) is 1. The van der Waals surface area contributed by atoms with Crippen molar-refractivity contribution in [2.45, 2.75) is 90.4 Å². The van der Waals surface area contributed by atoms with Gasteiger partial charge in [0.2, 0.25) is 0 Å². The van der Waals surface area contributed by atoms with Gasteiger partial charge in [0.15, 0.2) is 5.78 Å². The summed E-state index contributed by atoms with van der Waals surface area (Å²) in [5, 5.41) is 10.4. The van der Waals surface area contributed by atoms with Gasteiger partial charge in [-0.3, -0.25) is 9.59 Å². The average Bonchev–Trinajstić information content (AvgIpc) is 3.07. The van der Waals surface area contributed by atoms with Crippen LogP contribution in [0.1, 0.15) is 100 Å². The molecule has 0 unspecified atom stereocenters. The van der Waals surface area contributed by atoms with Crippen molar-refractivity contribution in [3.05, 3.63) is 16.3 Å². The predicted molar refractivity (Wildman–Crippen MR) is 107 cm³/mol. The quantitative estimate of drug-likeness (QED) is 0.190. The van der Waals surface area contributed by atoms with Crippen molar-refractivity contribution in [1.29, 1.82) is 0 Å². The van der Waals surface area contributed by atoms with Crippen LogP contribution in [0.3, 0.4) is 0 Å². The van der Waals surface area contributed by atoms with Crippen LogP contribution in [-0.2, 0) is 4.79 Å². The fourth-order valence-electron chi connectivity index (χ4n) is 2.90. The number of carboxylic acids is 1. The minimum Gasteiger partial charge on any atom is -0.493 e. The minimum absolute atomic E-state index is 0.359. The second kappa shape index (κ2) is 14.8. The van der Waals surface area contributed by atoms with Gasteiger partial charge in [-0.1, -0.05) is 77.6 Å². The molecular weight excluding hydrogens is 348 g/mol. The summed E-state index contributed by atoms with van der Waals surface area (Å²) in [5.74, 6) is -0.781. The number of rotatable bonds is 17. The van der Waals surface area contributed by atoms with Crippen LogP contribution in [0.4, 0.5) is 0 Å². The Hall–Kier alpha value is -1.36. The summed E-state index contributed by atoms with van der Waals surface area (Å²) in [6.07, 6.45) is 15.3. The highest BCUT2D eigenvalue weighted by atomic mass is 32.1. The van der Waals surface area contributed by atoms with E-state index in [1.54, 1.807) is 11.4 Å². The van der Waals surface area contributed by atoms with Gasteiger partial charge in [-0.2, -0.15) is 0 Å². The Morgan fingerprint density at radius 2 is 1.46 bits per heavy atom. The lowest BCUT2D eigenvalue weighted by Gasteiger charge is -2.04. The van der Waals surface area contributed by atoms with Crippen molar-refractivity contribution in [3.8, 4) is 5.75 Å². The van der Waals surface area contributed by atoms with E-state index in [1.807, 2.05) is 0 Å². The van der Waals surface area contributed by atoms with E-state index in [9.17, 15) is 9.59 Å². The number of thiophene rings is 1. The molecule has 0 bridgehead atoms. The van der Waals surface area contributed by atoms with Gasteiger partial charge in [0.05, 0.1) is 11.5 Å². The lowest BCUT2D eigenvalue weighted by molar-refractivity contribution is -0.135. The zero-order chi connectivity index (χ0) is 19.0. The molecule has 0 aliphatic heterocycles. The summed E-state index contributed by atoms with van der Waals surface area (Å²) in [6, 6.07) is 1.65. The zero-order valence-corrected chi connectivity index (χ0v) is 17.0. The number of ether oxygens (including phenoxy) is 1.